The Morgan fingerprint density at radius 3 is 2.94 bits per heavy atom. The van der Waals surface area contributed by atoms with Crippen LogP contribution in [0.15, 0.2) is 24.3 Å². The van der Waals surface area contributed by atoms with E-state index >= 15 is 0 Å². The summed E-state index contributed by atoms with van der Waals surface area (Å²) in [7, 11) is 0. The number of ether oxygens (including phenoxy) is 1. The van der Waals surface area contributed by atoms with Crippen LogP contribution < -0.4 is 0 Å². The van der Waals surface area contributed by atoms with E-state index in [1.165, 1.54) is 6.07 Å². The molecule has 0 bridgehead atoms. The van der Waals surface area contributed by atoms with Gasteiger partial charge in [-0.1, -0.05) is 25.1 Å². The number of benzene rings is 1. The minimum absolute atomic E-state index is 0.122. The summed E-state index contributed by atoms with van der Waals surface area (Å²) in [5.74, 6) is -0.0990. The first-order valence-electron chi connectivity index (χ1n) is 6.25. The molecule has 3 heteroatoms. The molecular weight excluding hydrogens is 219 g/mol. The third-order valence-electron chi connectivity index (χ3n) is 3.54. The molecule has 0 saturated carbocycles. The maximum Gasteiger partial charge on any atom is 0.126 e. The van der Waals surface area contributed by atoms with Gasteiger partial charge in [0.1, 0.15) is 5.82 Å². The fourth-order valence-corrected chi connectivity index (χ4v) is 2.57. The number of hydrogen-bond acceptors (Lipinski definition) is 2. The van der Waals surface area contributed by atoms with Crippen molar-refractivity contribution in [3.63, 3.8) is 0 Å². The van der Waals surface area contributed by atoms with Crippen molar-refractivity contribution in [2.45, 2.75) is 38.4 Å². The zero-order valence-electron chi connectivity index (χ0n) is 10.1. The van der Waals surface area contributed by atoms with Crippen LogP contribution in [0.25, 0.3) is 0 Å². The predicted molar refractivity (Wildman–Crippen MR) is 64.2 cm³/mol. The van der Waals surface area contributed by atoms with E-state index in [4.69, 9.17) is 4.74 Å². The molecule has 1 fully saturated rings. The number of aliphatic hydroxyl groups excluding tert-OH is 1. The monoisotopic (exact) mass is 238 g/mol. The topological polar surface area (TPSA) is 29.5 Å². The lowest BCUT2D eigenvalue weighted by Gasteiger charge is -2.22. The quantitative estimate of drug-likeness (QED) is 0.873. The van der Waals surface area contributed by atoms with Gasteiger partial charge in [0.25, 0.3) is 0 Å². The Balaban J connectivity index is 2.01. The predicted octanol–water partition coefficient (Wildman–Crippen LogP) is 2.54. The van der Waals surface area contributed by atoms with Crippen molar-refractivity contribution in [2.75, 3.05) is 6.61 Å². The Morgan fingerprint density at radius 1 is 1.47 bits per heavy atom. The zero-order chi connectivity index (χ0) is 12.3. The highest BCUT2D eigenvalue weighted by molar-refractivity contribution is 5.18. The van der Waals surface area contributed by atoms with E-state index in [-0.39, 0.29) is 17.8 Å². The molecule has 0 amide bonds. The molecular formula is C14H19FO2. The first-order valence-corrected chi connectivity index (χ1v) is 6.25. The SMILES string of the molecule is CCC1OCCC1C(O)Cc1ccccc1F. The van der Waals surface area contributed by atoms with Crippen LogP contribution in [0.2, 0.25) is 0 Å². The summed E-state index contributed by atoms with van der Waals surface area (Å²) in [6.45, 7) is 2.76. The molecule has 0 spiro atoms. The van der Waals surface area contributed by atoms with Crippen LogP contribution in [0.4, 0.5) is 4.39 Å². The normalized spacial score (nSPS) is 26.1. The van der Waals surface area contributed by atoms with E-state index in [9.17, 15) is 9.50 Å². The van der Waals surface area contributed by atoms with Crippen LogP contribution in [0.5, 0.6) is 0 Å². The second kappa shape index (κ2) is 5.61. The van der Waals surface area contributed by atoms with E-state index in [1.807, 2.05) is 0 Å². The van der Waals surface area contributed by atoms with Crippen molar-refractivity contribution >= 4 is 0 Å². The molecule has 1 N–H and O–H groups in total. The van der Waals surface area contributed by atoms with Gasteiger partial charge in [0, 0.05) is 18.9 Å². The van der Waals surface area contributed by atoms with E-state index in [2.05, 4.69) is 6.92 Å². The minimum Gasteiger partial charge on any atom is -0.392 e. The molecule has 1 aromatic rings. The van der Waals surface area contributed by atoms with Gasteiger partial charge in [0.2, 0.25) is 0 Å². The van der Waals surface area contributed by atoms with Gasteiger partial charge in [-0.3, -0.25) is 0 Å². The van der Waals surface area contributed by atoms with Crippen molar-refractivity contribution < 1.29 is 14.2 Å². The highest BCUT2D eigenvalue weighted by Crippen LogP contribution is 2.28. The summed E-state index contributed by atoms with van der Waals surface area (Å²) in [4.78, 5) is 0. The second-order valence-electron chi connectivity index (χ2n) is 4.63. The Kier molecular flexibility index (Phi) is 4.13. The second-order valence-corrected chi connectivity index (χ2v) is 4.63. The molecule has 94 valence electrons. The largest absolute Gasteiger partial charge is 0.392 e. The lowest BCUT2D eigenvalue weighted by atomic mass is 9.89. The molecule has 1 aromatic carbocycles. The highest BCUT2D eigenvalue weighted by Gasteiger charge is 2.32. The molecule has 3 unspecified atom stereocenters. The number of halogens is 1. The summed E-state index contributed by atoms with van der Waals surface area (Å²) in [6.07, 6.45) is 1.75. The summed E-state index contributed by atoms with van der Waals surface area (Å²) < 4.78 is 19.0. The molecule has 1 heterocycles. The van der Waals surface area contributed by atoms with Gasteiger partial charge in [-0.05, 0) is 24.5 Å². The Morgan fingerprint density at radius 2 is 2.24 bits per heavy atom. The summed E-state index contributed by atoms with van der Waals surface area (Å²) in [5.41, 5.74) is 0.585. The summed E-state index contributed by atoms with van der Waals surface area (Å²) >= 11 is 0. The molecule has 17 heavy (non-hydrogen) atoms. The number of rotatable bonds is 4. The molecule has 0 aliphatic carbocycles. The summed E-state index contributed by atoms with van der Waals surface area (Å²) in [5, 5.41) is 10.2. The maximum atomic E-state index is 13.5. The van der Waals surface area contributed by atoms with E-state index < -0.39 is 6.10 Å². The lowest BCUT2D eigenvalue weighted by molar-refractivity contribution is 0.0314. The van der Waals surface area contributed by atoms with Gasteiger partial charge >= 0.3 is 0 Å². The molecule has 2 nitrogen and oxygen atoms in total. The first-order chi connectivity index (χ1) is 8.22. The third-order valence-corrected chi connectivity index (χ3v) is 3.54. The minimum atomic E-state index is -0.514. The van der Waals surface area contributed by atoms with Crippen LogP contribution >= 0.6 is 0 Å². The molecule has 0 radical (unpaired) electrons. The van der Waals surface area contributed by atoms with Gasteiger partial charge in [-0.2, -0.15) is 0 Å². The van der Waals surface area contributed by atoms with Gasteiger partial charge in [0.05, 0.1) is 12.2 Å². The highest BCUT2D eigenvalue weighted by atomic mass is 19.1. The van der Waals surface area contributed by atoms with Gasteiger partial charge in [-0.15, -0.1) is 0 Å². The fourth-order valence-electron chi connectivity index (χ4n) is 2.57. The van der Waals surface area contributed by atoms with Crippen molar-refractivity contribution in [2.24, 2.45) is 5.92 Å². The molecule has 0 aromatic heterocycles. The Bertz CT molecular complexity index is 367. The third kappa shape index (κ3) is 2.85. The van der Waals surface area contributed by atoms with Crippen molar-refractivity contribution in [1.29, 1.82) is 0 Å². The Labute approximate surface area is 101 Å². The number of aliphatic hydroxyl groups is 1. The average molecular weight is 238 g/mol. The van der Waals surface area contributed by atoms with Gasteiger partial charge in [-0.25, -0.2) is 4.39 Å². The van der Waals surface area contributed by atoms with Gasteiger partial charge < -0.3 is 9.84 Å². The van der Waals surface area contributed by atoms with Crippen LogP contribution in [-0.2, 0) is 11.2 Å². The molecule has 1 aliphatic heterocycles. The number of hydrogen-bond donors (Lipinski definition) is 1. The maximum absolute atomic E-state index is 13.5. The first kappa shape index (κ1) is 12.5. The summed E-state index contributed by atoms with van der Waals surface area (Å²) in [6, 6.07) is 6.63. The van der Waals surface area contributed by atoms with Crippen molar-refractivity contribution in [1.82, 2.24) is 0 Å². The van der Waals surface area contributed by atoms with Crippen molar-refractivity contribution in [3.05, 3.63) is 35.6 Å². The Hall–Kier alpha value is -0.930. The lowest BCUT2D eigenvalue weighted by Crippen LogP contribution is -2.29. The standard InChI is InChI=1S/C14H19FO2/c1-2-14-11(7-8-17-14)13(16)9-10-5-3-4-6-12(10)15/h3-6,11,13-14,16H,2,7-9H2,1H3. The van der Waals surface area contributed by atoms with Crippen LogP contribution in [0.1, 0.15) is 25.3 Å². The molecule has 1 saturated heterocycles. The van der Waals surface area contributed by atoms with Crippen molar-refractivity contribution in [3.8, 4) is 0 Å². The smallest absolute Gasteiger partial charge is 0.126 e. The zero-order valence-corrected chi connectivity index (χ0v) is 10.1. The molecule has 2 rings (SSSR count). The van der Waals surface area contributed by atoms with Crippen LogP contribution in [0.3, 0.4) is 0 Å². The molecule has 1 aliphatic rings. The fraction of sp³-hybridized carbons (Fsp3) is 0.571. The van der Waals surface area contributed by atoms with Gasteiger partial charge in [0.15, 0.2) is 0 Å². The van der Waals surface area contributed by atoms with Crippen LogP contribution in [0, 0.1) is 11.7 Å². The molecule has 3 atom stereocenters. The van der Waals surface area contributed by atoms with E-state index in [0.717, 1.165) is 12.8 Å². The van der Waals surface area contributed by atoms with E-state index in [1.54, 1.807) is 18.2 Å². The van der Waals surface area contributed by atoms with E-state index in [0.29, 0.717) is 18.6 Å². The van der Waals surface area contributed by atoms with Crippen LogP contribution in [-0.4, -0.2) is 23.9 Å². The average Bonchev–Trinajstić information content (AvgIpc) is 2.80.